The quantitative estimate of drug-likeness (QED) is 0.632. The van der Waals surface area contributed by atoms with Gasteiger partial charge in [0.2, 0.25) is 0 Å². The van der Waals surface area contributed by atoms with E-state index in [1.807, 2.05) is 0 Å². The van der Waals surface area contributed by atoms with Crippen molar-refractivity contribution >= 4 is 0 Å². The van der Waals surface area contributed by atoms with Crippen LogP contribution in [-0.4, -0.2) is 5.54 Å². The first-order valence-corrected chi connectivity index (χ1v) is 5.49. The van der Waals surface area contributed by atoms with Crippen molar-refractivity contribution in [1.82, 2.24) is 0 Å². The summed E-state index contributed by atoms with van der Waals surface area (Å²) in [5.41, 5.74) is 6.46. The minimum absolute atomic E-state index is 0.184. The molecule has 1 nitrogen and oxygen atoms in total. The van der Waals surface area contributed by atoms with Crippen LogP contribution in [0.5, 0.6) is 0 Å². The van der Waals surface area contributed by atoms with Crippen LogP contribution >= 0.6 is 0 Å². The zero-order valence-corrected chi connectivity index (χ0v) is 8.60. The van der Waals surface area contributed by atoms with E-state index in [9.17, 15) is 0 Å². The molecular weight excluding hydrogens is 146 g/mol. The van der Waals surface area contributed by atoms with Crippen LogP contribution in [0.1, 0.15) is 58.8 Å². The third-order valence-electron chi connectivity index (χ3n) is 3.62. The lowest BCUT2D eigenvalue weighted by molar-refractivity contribution is 0.350. The van der Waals surface area contributed by atoms with Crippen molar-refractivity contribution in [2.45, 2.75) is 64.3 Å². The molecule has 72 valence electrons. The van der Waals surface area contributed by atoms with Gasteiger partial charge < -0.3 is 5.73 Å². The van der Waals surface area contributed by atoms with E-state index in [0.717, 1.165) is 12.3 Å². The first kappa shape index (κ1) is 10.0. The van der Waals surface area contributed by atoms with E-state index in [0.29, 0.717) is 0 Å². The summed E-state index contributed by atoms with van der Waals surface area (Å²) in [6, 6.07) is 0. The summed E-state index contributed by atoms with van der Waals surface area (Å²) in [5, 5.41) is 0. The average Bonchev–Trinajstić information content (AvgIpc) is 2.28. The molecule has 0 aromatic heterocycles. The van der Waals surface area contributed by atoms with E-state index < -0.39 is 0 Å². The van der Waals surface area contributed by atoms with Crippen molar-refractivity contribution in [2.75, 3.05) is 0 Å². The minimum atomic E-state index is 0.184. The standard InChI is InChI=1S/C11H23N/c1-3-10-6-5-8-11(12,4-2)9-7-10/h10H,3-9,12H2,1-2H3. The maximum atomic E-state index is 6.28. The molecule has 1 heteroatoms. The van der Waals surface area contributed by atoms with Crippen LogP contribution < -0.4 is 5.73 Å². The topological polar surface area (TPSA) is 26.0 Å². The summed E-state index contributed by atoms with van der Waals surface area (Å²) >= 11 is 0. The van der Waals surface area contributed by atoms with E-state index in [-0.39, 0.29) is 5.54 Å². The normalized spacial score (nSPS) is 37.8. The molecule has 0 aliphatic heterocycles. The van der Waals surface area contributed by atoms with Crippen LogP contribution in [0.2, 0.25) is 0 Å². The Labute approximate surface area is 76.7 Å². The summed E-state index contributed by atoms with van der Waals surface area (Å²) in [6.45, 7) is 4.53. The first-order chi connectivity index (χ1) is 5.70. The molecule has 1 aliphatic carbocycles. The predicted molar refractivity (Wildman–Crippen MR) is 54.1 cm³/mol. The average molecular weight is 169 g/mol. The van der Waals surface area contributed by atoms with Gasteiger partial charge in [0.15, 0.2) is 0 Å². The monoisotopic (exact) mass is 169 g/mol. The second-order valence-electron chi connectivity index (χ2n) is 4.42. The highest BCUT2D eigenvalue weighted by Crippen LogP contribution is 2.31. The number of rotatable bonds is 2. The minimum Gasteiger partial charge on any atom is -0.325 e. The Hall–Kier alpha value is -0.0400. The Balaban J connectivity index is 2.44. The molecule has 0 aromatic rings. The molecule has 2 atom stereocenters. The Bertz CT molecular complexity index is 133. The Morgan fingerprint density at radius 1 is 1.25 bits per heavy atom. The van der Waals surface area contributed by atoms with Gasteiger partial charge in [-0.25, -0.2) is 0 Å². The number of hydrogen-bond donors (Lipinski definition) is 1. The zero-order valence-electron chi connectivity index (χ0n) is 8.60. The van der Waals surface area contributed by atoms with Gasteiger partial charge in [0.1, 0.15) is 0 Å². The number of nitrogens with two attached hydrogens (primary N) is 1. The van der Waals surface area contributed by atoms with Gasteiger partial charge in [0.25, 0.3) is 0 Å². The van der Waals surface area contributed by atoms with Crippen LogP contribution in [0.3, 0.4) is 0 Å². The van der Waals surface area contributed by atoms with Crippen LogP contribution in [0, 0.1) is 5.92 Å². The van der Waals surface area contributed by atoms with Crippen molar-refractivity contribution < 1.29 is 0 Å². The Kier molecular flexibility index (Phi) is 3.57. The van der Waals surface area contributed by atoms with Gasteiger partial charge in [0.05, 0.1) is 0 Å². The van der Waals surface area contributed by atoms with E-state index in [1.165, 1.54) is 38.5 Å². The predicted octanol–water partition coefficient (Wildman–Crippen LogP) is 3.08. The molecule has 0 heterocycles. The van der Waals surface area contributed by atoms with E-state index in [2.05, 4.69) is 13.8 Å². The van der Waals surface area contributed by atoms with Gasteiger partial charge in [-0.05, 0) is 31.6 Å². The molecular formula is C11H23N. The molecule has 1 fully saturated rings. The molecule has 2 N–H and O–H groups in total. The Morgan fingerprint density at radius 3 is 2.58 bits per heavy atom. The van der Waals surface area contributed by atoms with Crippen LogP contribution in [-0.2, 0) is 0 Å². The van der Waals surface area contributed by atoms with E-state index >= 15 is 0 Å². The summed E-state index contributed by atoms with van der Waals surface area (Å²) in [7, 11) is 0. The van der Waals surface area contributed by atoms with Gasteiger partial charge in [-0.15, -0.1) is 0 Å². The van der Waals surface area contributed by atoms with Gasteiger partial charge in [-0.3, -0.25) is 0 Å². The van der Waals surface area contributed by atoms with Gasteiger partial charge >= 0.3 is 0 Å². The molecule has 0 radical (unpaired) electrons. The van der Waals surface area contributed by atoms with Crippen LogP contribution in [0.15, 0.2) is 0 Å². The molecule has 0 amide bonds. The fourth-order valence-electron chi connectivity index (χ4n) is 2.27. The van der Waals surface area contributed by atoms with Crippen molar-refractivity contribution in [3.8, 4) is 0 Å². The maximum Gasteiger partial charge on any atom is 0.0151 e. The highest BCUT2D eigenvalue weighted by atomic mass is 14.7. The summed E-state index contributed by atoms with van der Waals surface area (Å²) in [6.07, 6.45) is 9.13. The molecule has 1 rings (SSSR count). The fraction of sp³-hybridized carbons (Fsp3) is 1.00. The summed E-state index contributed by atoms with van der Waals surface area (Å²) in [5.74, 6) is 0.960. The molecule has 0 saturated heterocycles. The smallest absolute Gasteiger partial charge is 0.0151 e. The zero-order chi connectivity index (χ0) is 9.03. The highest BCUT2D eigenvalue weighted by Gasteiger charge is 2.26. The molecule has 0 spiro atoms. The fourth-order valence-corrected chi connectivity index (χ4v) is 2.27. The first-order valence-electron chi connectivity index (χ1n) is 5.49. The lowest BCUT2D eigenvalue weighted by Gasteiger charge is -2.26. The van der Waals surface area contributed by atoms with Crippen molar-refractivity contribution in [3.05, 3.63) is 0 Å². The van der Waals surface area contributed by atoms with Crippen molar-refractivity contribution in [2.24, 2.45) is 11.7 Å². The molecule has 1 aliphatic rings. The number of hydrogen-bond acceptors (Lipinski definition) is 1. The molecule has 1 saturated carbocycles. The van der Waals surface area contributed by atoms with Crippen LogP contribution in [0.25, 0.3) is 0 Å². The van der Waals surface area contributed by atoms with Crippen molar-refractivity contribution in [1.29, 1.82) is 0 Å². The largest absolute Gasteiger partial charge is 0.325 e. The Morgan fingerprint density at radius 2 is 2.00 bits per heavy atom. The lowest BCUT2D eigenvalue weighted by atomic mass is 9.88. The van der Waals surface area contributed by atoms with Crippen molar-refractivity contribution in [3.63, 3.8) is 0 Å². The second kappa shape index (κ2) is 4.27. The summed E-state index contributed by atoms with van der Waals surface area (Å²) in [4.78, 5) is 0. The van der Waals surface area contributed by atoms with E-state index in [4.69, 9.17) is 5.73 Å². The van der Waals surface area contributed by atoms with Gasteiger partial charge in [0, 0.05) is 5.54 Å². The maximum absolute atomic E-state index is 6.28. The highest BCUT2D eigenvalue weighted by molar-refractivity contribution is 4.86. The molecule has 0 aromatic carbocycles. The van der Waals surface area contributed by atoms with E-state index in [1.54, 1.807) is 0 Å². The van der Waals surface area contributed by atoms with Crippen LogP contribution in [0.4, 0.5) is 0 Å². The second-order valence-corrected chi connectivity index (χ2v) is 4.42. The molecule has 0 bridgehead atoms. The van der Waals surface area contributed by atoms with Gasteiger partial charge in [-0.2, -0.15) is 0 Å². The summed E-state index contributed by atoms with van der Waals surface area (Å²) < 4.78 is 0. The SMILES string of the molecule is CCC1CCCC(N)(CC)CC1. The third kappa shape index (κ3) is 2.48. The molecule has 12 heavy (non-hydrogen) atoms. The molecule has 2 unspecified atom stereocenters. The van der Waals surface area contributed by atoms with Gasteiger partial charge in [-0.1, -0.05) is 33.1 Å². The third-order valence-corrected chi connectivity index (χ3v) is 3.62. The lowest BCUT2D eigenvalue weighted by Crippen LogP contribution is -2.38.